The monoisotopic (exact) mass is 590 g/mol. The van der Waals surface area contributed by atoms with E-state index in [1.54, 1.807) is 17.2 Å². The molecule has 3 aliphatic heterocycles. The van der Waals surface area contributed by atoms with E-state index in [2.05, 4.69) is 29.6 Å². The van der Waals surface area contributed by atoms with Crippen LogP contribution in [0.5, 0.6) is 0 Å². The minimum Gasteiger partial charge on any atom is -0.352 e. The second kappa shape index (κ2) is 8.80. The zero-order chi connectivity index (χ0) is 30.1. The van der Waals surface area contributed by atoms with Gasteiger partial charge in [-0.15, -0.1) is 0 Å². The van der Waals surface area contributed by atoms with Gasteiger partial charge in [-0.3, -0.25) is 34.1 Å². The summed E-state index contributed by atoms with van der Waals surface area (Å²) < 4.78 is 1.94. The number of carbonyl (C=O) groups excluding carboxylic acids is 4. The second-order valence-electron chi connectivity index (χ2n) is 13.7. The van der Waals surface area contributed by atoms with Crippen LogP contribution in [0.4, 0.5) is 17.1 Å². The summed E-state index contributed by atoms with van der Waals surface area (Å²) in [5, 5.41) is 12.0. The van der Waals surface area contributed by atoms with E-state index in [1.165, 1.54) is 4.90 Å². The molecule has 44 heavy (non-hydrogen) atoms. The summed E-state index contributed by atoms with van der Waals surface area (Å²) in [6.07, 6.45) is 6.86. The summed E-state index contributed by atoms with van der Waals surface area (Å²) in [4.78, 5) is 51.7. The molecule has 0 radical (unpaired) electrons. The van der Waals surface area contributed by atoms with E-state index < -0.39 is 11.9 Å². The first-order chi connectivity index (χ1) is 21.3. The minimum absolute atomic E-state index is 0.206. The van der Waals surface area contributed by atoms with Crippen molar-refractivity contribution < 1.29 is 19.2 Å². The number of hydrogen-bond acceptors (Lipinski definition) is 6. The minimum atomic E-state index is -0.710. The quantitative estimate of drug-likeness (QED) is 0.262. The SMILES string of the molecule is CC1C2C3=C4C2C4(C)C31.O=CN1CCC(n2cc(Nc3ccc4c5c(cccc35)C(=O)N4C3CCC(=O)NC3=O)cn2)CC1. The lowest BCUT2D eigenvalue weighted by Crippen LogP contribution is -2.53. The maximum absolute atomic E-state index is 13.3. The molecule has 224 valence electrons. The van der Waals surface area contributed by atoms with Gasteiger partial charge in [0.05, 0.1) is 23.6 Å². The van der Waals surface area contributed by atoms with Gasteiger partial charge in [0, 0.05) is 53.1 Å². The summed E-state index contributed by atoms with van der Waals surface area (Å²) in [5.41, 5.74) is 7.50. The van der Waals surface area contributed by atoms with Gasteiger partial charge >= 0.3 is 0 Å². The van der Waals surface area contributed by atoms with Crippen LogP contribution in [0, 0.1) is 29.1 Å². The molecule has 10 rings (SSSR count). The molecule has 6 atom stereocenters. The number of likely N-dealkylation sites (tertiary alicyclic amines) is 1. The largest absolute Gasteiger partial charge is 0.352 e. The van der Waals surface area contributed by atoms with Crippen molar-refractivity contribution in [2.75, 3.05) is 23.3 Å². The summed E-state index contributed by atoms with van der Waals surface area (Å²) in [6, 6.07) is 8.84. The summed E-state index contributed by atoms with van der Waals surface area (Å²) in [5.74, 6) is 3.41. The summed E-state index contributed by atoms with van der Waals surface area (Å²) in [7, 11) is 0. The number of fused-ring (bicyclic) bond motifs is 3. The predicted octanol–water partition coefficient (Wildman–Crippen LogP) is 4.17. The molecule has 2 aromatic carbocycles. The van der Waals surface area contributed by atoms with Gasteiger partial charge in [-0.1, -0.05) is 37.1 Å². The third-order valence-electron chi connectivity index (χ3n) is 11.7. The topological polar surface area (TPSA) is 117 Å². The number of anilines is 3. The van der Waals surface area contributed by atoms with Gasteiger partial charge in [-0.2, -0.15) is 5.10 Å². The van der Waals surface area contributed by atoms with Gasteiger partial charge in [-0.05, 0) is 61.1 Å². The smallest absolute Gasteiger partial charge is 0.259 e. The van der Waals surface area contributed by atoms with Crippen LogP contribution >= 0.6 is 0 Å². The van der Waals surface area contributed by atoms with Crippen LogP contribution in [0.25, 0.3) is 10.8 Å². The van der Waals surface area contributed by atoms with Crippen LogP contribution < -0.4 is 15.5 Å². The zero-order valence-corrected chi connectivity index (χ0v) is 24.7. The Bertz CT molecular complexity index is 1850. The lowest BCUT2D eigenvalue weighted by molar-refractivity contribution is -0.134. The number of allylic oxidation sites excluding steroid dienone is 2. The van der Waals surface area contributed by atoms with Crippen molar-refractivity contribution in [3.8, 4) is 0 Å². The summed E-state index contributed by atoms with van der Waals surface area (Å²) >= 11 is 0. The van der Waals surface area contributed by atoms with Crippen molar-refractivity contribution in [3.05, 3.63) is 59.4 Å². The van der Waals surface area contributed by atoms with E-state index in [9.17, 15) is 19.2 Å². The van der Waals surface area contributed by atoms with Crippen molar-refractivity contribution >= 4 is 52.0 Å². The van der Waals surface area contributed by atoms with Gasteiger partial charge in [0.1, 0.15) is 6.04 Å². The number of benzene rings is 2. The Morgan fingerprint density at radius 1 is 1.07 bits per heavy atom. The molecule has 4 heterocycles. The van der Waals surface area contributed by atoms with Gasteiger partial charge in [0.15, 0.2) is 0 Å². The molecule has 3 aromatic rings. The number of hydrogen-bond donors (Lipinski definition) is 2. The molecule has 4 amide bonds. The zero-order valence-electron chi connectivity index (χ0n) is 24.7. The molecule has 0 spiro atoms. The maximum atomic E-state index is 13.3. The fourth-order valence-corrected chi connectivity index (χ4v) is 9.64. The number of nitrogens with one attached hydrogen (secondary N) is 2. The van der Waals surface area contributed by atoms with E-state index in [-0.39, 0.29) is 24.3 Å². The Labute approximate surface area is 254 Å². The third kappa shape index (κ3) is 3.23. The average molecular weight is 591 g/mol. The number of carbonyl (C=O) groups is 4. The Balaban J connectivity index is 0.000000249. The average Bonchev–Trinajstić information content (AvgIpc) is 3.57. The van der Waals surface area contributed by atoms with Crippen LogP contribution in [-0.4, -0.2) is 57.9 Å². The van der Waals surface area contributed by atoms with Crippen LogP contribution in [-0.2, 0) is 14.4 Å². The highest BCUT2D eigenvalue weighted by molar-refractivity contribution is 6.28. The number of rotatable bonds is 5. The third-order valence-corrected chi connectivity index (χ3v) is 11.7. The van der Waals surface area contributed by atoms with E-state index in [0.717, 1.165) is 83.6 Å². The fraction of sp³-hybridized carbons (Fsp3) is 0.441. The lowest BCUT2D eigenvalue weighted by atomic mass is 9.52. The highest BCUT2D eigenvalue weighted by atomic mass is 16.2. The number of piperidine rings is 2. The van der Waals surface area contributed by atoms with Gasteiger partial charge in [0.25, 0.3) is 5.91 Å². The van der Waals surface area contributed by atoms with Crippen LogP contribution in [0.2, 0.25) is 0 Å². The van der Waals surface area contributed by atoms with Crippen molar-refractivity contribution in [2.45, 2.75) is 51.6 Å². The molecule has 10 nitrogen and oxygen atoms in total. The van der Waals surface area contributed by atoms with Crippen molar-refractivity contribution in [3.63, 3.8) is 0 Å². The first kappa shape index (κ1) is 26.0. The first-order valence-corrected chi connectivity index (χ1v) is 15.8. The lowest BCUT2D eigenvalue weighted by Gasteiger charge is -2.52. The molecule has 2 saturated carbocycles. The normalized spacial score (nSPS) is 32.2. The Kier molecular flexibility index (Phi) is 5.20. The van der Waals surface area contributed by atoms with E-state index in [0.29, 0.717) is 17.7 Å². The highest BCUT2D eigenvalue weighted by Crippen LogP contribution is 2.96. The molecule has 7 aliphatic rings. The second-order valence-corrected chi connectivity index (χ2v) is 13.7. The van der Waals surface area contributed by atoms with Crippen molar-refractivity contribution in [2.24, 2.45) is 29.1 Å². The summed E-state index contributed by atoms with van der Waals surface area (Å²) in [6.45, 7) is 6.37. The number of imide groups is 1. The van der Waals surface area contributed by atoms with E-state index in [1.807, 2.05) is 46.3 Å². The van der Waals surface area contributed by atoms with Crippen LogP contribution in [0.15, 0.2) is 53.9 Å². The Hall–Kier alpha value is -4.47. The molecule has 10 heteroatoms. The van der Waals surface area contributed by atoms with Crippen molar-refractivity contribution in [1.29, 1.82) is 0 Å². The van der Waals surface area contributed by atoms with Gasteiger partial charge in [-0.25, -0.2) is 0 Å². The van der Waals surface area contributed by atoms with E-state index in [4.69, 9.17) is 0 Å². The maximum Gasteiger partial charge on any atom is 0.259 e. The standard InChI is InChI=1S/C25H24N6O4.C9H10/c32-14-29-10-8-16(9-11-29)30-13-15(12-26-30)27-19-4-5-20-23-17(19)2-1-3-18(23)25(35)31(20)21-6-7-22(33)28-24(21)34;1-3-4-5-6(3)9(2)7(4)8(5)9/h1-5,12-14,16,21,27H,6-11H2,(H,28,33,34);3-4,6-7H,1-2H3. The number of nitrogens with zero attached hydrogens (tertiary/aromatic N) is 4. The highest BCUT2D eigenvalue weighted by Gasteiger charge is 2.89. The van der Waals surface area contributed by atoms with Crippen LogP contribution in [0.1, 0.15) is 55.9 Å². The molecule has 4 fully saturated rings. The Morgan fingerprint density at radius 3 is 2.55 bits per heavy atom. The van der Waals surface area contributed by atoms with E-state index >= 15 is 0 Å². The molecule has 4 aliphatic carbocycles. The Morgan fingerprint density at radius 2 is 1.89 bits per heavy atom. The molecule has 6 unspecified atom stereocenters. The first-order valence-electron chi connectivity index (χ1n) is 15.8. The molecule has 2 saturated heterocycles. The number of aromatic nitrogens is 2. The van der Waals surface area contributed by atoms with Gasteiger partial charge < -0.3 is 10.2 Å². The predicted molar refractivity (Wildman–Crippen MR) is 163 cm³/mol. The molecule has 2 N–H and O–H groups in total. The fourth-order valence-electron chi connectivity index (χ4n) is 9.64. The molecule has 1 aromatic heterocycles. The van der Waals surface area contributed by atoms with Crippen molar-refractivity contribution in [1.82, 2.24) is 20.0 Å². The van der Waals surface area contributed by atoms with Gasteiger partial charge in [0.2, 0.25) is 18.2 Å². The molecular weight excluding hydrogens is 556 g/mol. The van der Waals surface area contributed by atoms with Crippen LogP contribution in [0.3, 0.4) is 0 Å². The molecule has 0 bridgehead atoms. The number of amides is 4. The molecular formula is C34H34N6O4.